The third-order valence-electron chi connectivity index (χ3n) is 5.80. The fourth-order valence-electron chi connectivity index (χ4n) is 4.31. The molecule has 0 spiro atoms. The molecule has 2 saturated heterocycles. The van der Waals surface area contributed by atoms with E-state index in [9.17, 15) is 0 Å². The second-order valence-corrected chi connectivity index (χ2v) is 7.40. The number of rotatable bonds is 4. The van der Waals surface area contributed by atoms with Crippen LogP contribution < -0.4 is 5.32 Å². The first-order valence-electron chi connectivity index (χ1n) is 9.01. The van der Waals surface area contributed by atoms with Gasteiger partial charge in [-0.1, -0.05) is 13.3 Å². The number of hydrogen-bond donors (Lipinski definition) is 1. The summed E-state index contributed by atoms with van der Waals surface area (Å²) in [4.78, 5) is 5.43. The van der Waals surface area contributed by atoms with Gasteiger partial charge in [-0.25, -0.2) is 0 Å². The Morgan fingerprint density at radius 1 is 0.950 bits per heavy atom. The standard InChI is InChI=1S/C17H33N3/c1-15-5-7-16(8-6-15)18-9-11-19-12-13-20-10-3-2-4-17(20)14-19/h15-18H,2-14H2,1H3. The normalized spacial score (nSPS) is 36.8. The van der Waals surface area contributed by atoms with Crippen molar-refractivity contribution in [2.75, 3.05) is 39.3 Å². The highest BCUT2D eigenvalue weighted by atomic mass is 15.3. The number of nitrogens with zero attached hydrogens (tertiary/aromatic N) is 2. The molecule has 0 aromatic rings. The molecule has 1 aliphatic carbocycles. The maximum absolute atomic E-state index is 3.81. The quantitative estimate of drug-likeness (QED) is 0.852. The predicted molar refractivity (Wildman–Crippen MR) is 85.1 cm³/mol. The smallest absolute Gasteiger partial charge is 0.0223 e. The summed E-state index contributed by atoms with van der Waals surface area (Å²) in [6.45, 7) is 10.1. The Morgan fingerprint density at radius 2 is 1.80 bits per heavy atom. The van der Waals surface area contributed by atoms with Crippen LogP contribution in [0, 0.1) is 5.92 Å². The van der Waals surface area contributed by atoms with Crippen molar-refractivity contribution in [2.24, 2.45) is 5.92 Å². The molecule has 1 atom stereocenters. The van der Waals surface area contributed by atoms with Crippen molar-refractivity contribution < 1.29 is 0 Å². The van der Waals surface area contributed by atoms with Crippen molar-refractivity contribution in [1.82, 2.24) is 15.1 Å². The average Bonchev–Trinajstić information content (AvgIpc) is 2.49. The first-order chi connectivity index (χ1) is 9.81. The second kappa shape index (κ2) is 7.24. The van der Waals surface area contributed by atoms with Gasteiger partial charge in [0, 0.05) is 44.8 Å². The third-order valence-corrected chi connectivity index (χ3v) is 5.80. The minimum Gasteiger partial charge on any atom is -0.313 e. The van der Waals surface area contributed by atoms with Gasteiger partial charge >= 0.3 is 0 Å². The van der Waals surface area contributed by atoms with E-state index < -0.39 is 0 Å². The van der Waals surface area contributed by atoms with Crippen molar-refractivity contribution in [3.05, 3.63) is 0 Å². The predicted octanol–water partition coefficient (Wildman–Crippen LogP) is 2.32. The van der Waals surface area contributed by atoms with Crippen molar-refractivity contribution in [3.63, 3.8) is 0 Å². The molecule has 20 heavy (non-hydrogen) atoms. The van der Waals surface area contributed by atoms with E-state index in [0.29, 0.717) is 0 Å². The second-order valence-electron chi connectivity index (χ2n) is 7.40. The Labute approximate surface area is 125 Å². The van der Waals surface area contributed by atoms with Gasteiger partial charge in [-0.05, 0) is 51.0 Å². The summed E-state index contributed by atoms with van der Waals surface area (Å²) in [5.41, 5.74) is 0. The third kappa shape index (κ3) is 3.96. The minimum absolute atomic E-state index is 0.808. The summed E-state index contributed by atoms with van der Waals surface area (Å²) < 4.78 is 0. The van der Waals surface area contributed by atoms with Crippen LogP contribution in [0.1, 0.15) is 51.9 Å². The molecule has 0 radical (unpaired) electrons. The topological polar surface area (TPSA) is 18.5 Å². The van der Waals surface area contributed by atoms with Crippen LogP contribution in [0.2, 0.25) is 0 Å². The Hall–Kier alpha value is -0.120. The zero-order valence-corrected chi connectivity index (χ0v) is 13.3. The lowest BCUT2D eigenvalue weighted by molar-refractivity contribution is 0.0494. The first-order valence-corrected chi connectivity index (χ1v) is 9.01. The number of nitrogens with one attached hydrogen (secondary N) is 1. The number of piperidine rings is 1. The lowest BCUT2D eigenvalue weighted by Crippen LogP contribution is -2.55. The molecular formula is C17H33N3. The van der Waals surface area contributed by atoms with Gasteiger partial charge in [0.15, 0.2) is 0 Å². The SMILES string of the molecule is CC1CCC(NCCN2CCN3CCCCC3C2)CC1. The Kier molecular flexibility index (Phi) is 5.36. The van der Waals surface area contributed by atoms with E-state index >= 15 is 0 Å². The molecule has 3 aliphatic rings. The van der Waals surface area contributed by atoms with Gasteiger partial charge in [-0.3, -0.25) is 9.80 Å². The van der Waals surface area contributed by atoms with Crippen LogP contribution in [0.4, 0.5) is 0 Å². The molecule has 0 aromatic carbocycles. The van der Waals surface area contributed by atoms with Gasteiger partial charge in [0.2, 0.25) is 0 Å². The molecule has 0 aromatic heterocycles. The average molecular weight is 279 g/mol. The van der Waals surface area contributed by atoms with Crippen molar-refractivity contribution >= 4 is 0 Å². The molecule has 3 nitrogen and oxygen atoms in total. The maximum atomic E-state index is 3.81. The van der Waals surface area contributed by atoms with E-state index in [1.54, 1.807) is 0 Å². The van der Waals surface area contributed by atoms with E-state index in [1.165, 1.54) is 84.2 Å². The molecule has 1 saturated carbocycles. The summed E-state index contributed by atoms with van der Waals surface area (Å²) in [6.07, 6.45) is 9.97. The van der Waals surface area contributed by atoms with E-state index in [1.807, 2.05) is 0 Å². The van der Waals surface area contributed by atoms with Crippen LogP contribution in [-0.2, 0) is 0 Å². The highest BCUT2D eigenvalue weighted by Crippen LogP contribution is 2.23. The van der Waals surface area contributed by atoms with Gasteiger partial charge in [0.05, 0.1) is 0 Å². The van der Waals surface area contributed by atoms with Gasteiger partial charge in [-0.2, -0.15) is 0 Å². The largest absolute Gasteiger partial charge is 0.313 e. The molecule has 116 valence electrons. The lowest BCUT2D eigenvalue weighted by Gasteiger charge is -2.44. The van der Waals surface area contributed by atoms with Crippen LogP contribution in [0.3, 0.4) is 0 Å². The molecule has 2 heterocycles. The zero-order valence-electron chi connectivity index (χ0n) is 13.3. The van der Waals surface area contributed by atoms with E-state index in [-0.39, 0.29) is 0 Å². The van der Waals surface area contributed by atoms with Crippen molar-refractivity contribution in [3.8, 4) is 0 Å². The van der Waals surface area contributed by atoms with Gasteiger partial charge in [0.25, 0.3) is 0 Å². The Bertz CT molecular complexity index is 286. The van der Waals surface area contributed by atoms with Crippen molar-refractivity contribution in [2.45, 2.75) is 64.0 Å². The summed E-state index contributed by atoms with van der Waals surface area (Å²) in [5.74, 6) is 0.965. The van der Waals surface area contributed by atoms with Crippen LogP contribution in [0.5, 0.6) is 0 Å². The van der Waals surface area contributed by atoms with Crippen LogP contribution >= 0.6 is 0 Å². The molecule has 0 amide bonds. The fraction of sp³-hybridized carbons (Fsp3) is 1.00. The van der Waals surface area contributed by atoms with E-state index in [4.69, 9.17) is 0 Å². The van der Waals surface area contributed by atoms with Crippen LogP contribution in [0.25, 0.3) is 0 Å². The molecule has 1 unspecified atom stereocenters. The van der Waals surface area contributed by atoms with E-state index in [2.05, 4.69) is 22.0 Å². The van der Waals surface area contributed by atoms with E-state index in [0.717, 1.165) is 18.0 Å². The summed E-state index contributed by atoms with van der Waals surface area (Å²) in [5, 5.41) is 3.81. The summed E-state index contributed by atoms with van der Waals surface area (Å²) in [7, 11) is 0. The molecule has 1 N–H and O–H groups in total. The van der Waals surface area contributed by atoms with Crippen LogP contribution in [-0.4, -0.2) is 61.2 Å². The molecule has 2 aliphatic heterocycles. The van der Waals surface area contributed by atoms with Gasteiger partial charge < -0.3 is 5.32 Å². The molecule has 0 bridgehead atoms. The Balaban J connectivity index is 1.32. The lowest BCUT2D eigenvalue weighted by atomic mass is 9.87. The number of piperazine rings is 1. The molecule has 3 heteroatoms. The highest BCUT2D eigenvalue weighted by Gasteiger charge is 2.28. The van der Waals surface area contributed by atoms with Gasteiger partial charge in [-0.15, -0.1) is 0 Å². The molecular weight excluding hydrogens is 246 g/mol. The number of fused-ring (bicyclic) bond motifs is 1. The fourth-order valence-corrected chi connectivity index (χ4v) is 4.31. The zero-order chi connectivity index (χ0) is 13.8. The summed E-state index contributed by atoms with van der Waals surface area (Å²) >= 11 is 0. The monoisotopic (exact) mass is 279 g/mol. The number of hydrogen-bond acceptors (Lipinski definition) is 3. The first kappa shape index (κ1) is 14.8. The van der Waals surface area contributed by atoms with Gasteiger partial charge in [0.1, 0.15) is 0 Å². The van der Waals surface area contributed by atoms with Crippen molar-refractivity contribution in [1.29, 1.82) is 0 Å². The molecule has 3 fully saturated rings. The highest BCUT2D eigenvalue weighted by molar-refractivity contribution is 4.85. The van der Waals surface area contributed by atoms with Crippen LogP contribution in [0.15, 0.2) is 0 Å². The summed E-state index contributed by atoms with van der Waals surface area (Å²) in [6, 6.07) is 1.68. The Morgan fingerprint density at radius 3 is 2.65 bits per heavy atom. The molecule has 3 rings (SSSR count). The maximum Gasteiger partial charge on any atom is 0.0223 e. The minimum atomic E-state index is 0.808.